The van der Waals surface area contributed by atoms with Crippen LogP contribution in [0.25, 0.3) is 0 Å². The number of halogens is 2. The number of benzene rings is 1. The standard InChI is InChI=1S/C17H26BrFN2O2/c1-11(12-7-8-14(19)13(18)9-12)20-10-17(5,6)21-15(22)23-16(2,3)4/h7-9,11,20H,10H2,1-6H3,(H,21,22). The lowest BCUT2D eigenvalue weighted by Crippen LogP contribution is -2.51. The van der Waals surface area contributed by atoms with Crippen LogP contribution in [0.4, 0.5) is 9.18 Å². The first kappa shape index (κ1) is 19.9. The largest absolute Gasteiger partial charge is 0.444 e. The Bertz CT molecular complexity index is 556. The molecule has 0 aliphatic heterocycles. The predicted octanol–water partition coefficient (Wildman–Crippen LogP) is 4.54. The van der Waals surface area contributed by atoms with Crippen LogP contribution in [0.5, 0.6) is 0 Å². The van der Waals surface area contributed by atoms with E-state index in [0.717, 1.165) is 5.56 Å². The first-order valence-corrected chi connectivity index (χ1v) is 8.38. The molecule has 0 radical (unpaired) electrons. The van der Waals surface area contributed by atoms with Gasteiger partial charge in [-0.25, -0.2) is 9.18 Å². The lowest BCUT2D eigenvalue weighted by Gasteiger charge is -2.30. The highest BCUT2D eigenvalue weighted by atomic mass is 79.9. The third-order valence-electron chi connectivity index (χ3n) is 3.13. The molecule has 0 aliphatic carbocycles. The van der Waals surface area contributed by atoms with Crippen molar-refractivity contribution in [1.29, 1.82) is 0 Å². The molecule has 0 spiro atoms. The minimum absolute atomic E-state index is 0.0200. The summed E-state index contributed by atoms with van der Waals surface area (Å²) >= 11 is 3.19. The predicted molar refractivity (Wildman–Crippen MR) is 94.0 cm³/mol. The second kappa shape index (κ2) is 7.62. The van der Waals surface area contributed by atoms with E-state index in [-0.39, 0.29) is 11.9 Å². The zero-order valence-corrected chi connectivity index (χ0v) is 16.2. The van der Waals surface area contributed by atoms with Crippen molar-refractivity contribution in [2.75, 3.05) is 6.54 Å². The molecule has 6 heteroatoms. The van der Waals surface area contributed by atoms with Crippen molar-refractivity contribution in [1.82, 2.24) is 10.6 Å². The third-order valence-corrected chi connectivity index (χ3v) is 3.74. The molecule has 1 unspecified atom stereocenters. The molecule has 1 aromatic rings. The summed E-state index contributed by atoms with van der Waals surface area (Å²) in [7, 11) is 0. The average Bonchev–Trinajstić information content (AvgIpc) is 2.36. The van der Waals surface area contributed by atoms with E-state index in [1.54, 1.807) is 12.1 Å². The van der Waals surface area contributed by atoms with E-state index in [2.05, 4.69) is 26.6 Å². The fourth-order valence-corrected chi connectivity index (χ4v) is 2.33. The van der Waals surface area contributed by atoms with Gasteiger partial charge >= 0.3 is 6.09 Å². The van der Waals surface area contributed by atoms with Crippen molar-refractivity contribution < 1.29 is 13.9 Å². The zero-order chi connectivity index (χ0) is 17.8. The number of ether oxygens (including phenoxy) is 1. The Morgan fingerprint density at radius 1 is 1.30 bits per heavy atom. The highest BCUT2D eigenvalue weighted by Gasteiger charge is 2.25. The maximum atomic E-state index is 13.3. The van der Waals surface area contributed by atoms with Crippen LogP contribution in [0.15, 0.2) is 22.7 Å². The van der Waals surface area contributed by atoms with Crippen LogP contribution >= 0.6 is 15.9 Å². The molecule has 0 saturated carbocycles. The molecule has 1 atom stereocenters. The molecular formula is C17H26BrFN2O2. The van der Waals surface area contributed by atoms with E-state index in [0.29, 0.717) is 11.0 Å². The molecule has 0 fully saturated rings. The van der Waals surface area contributed by atoms with Gasteiger partial charge in [0.15, 0.2) is 0 Å². The van der Waals surface area contributed by atoms with Gasteiger partial charge in [0, 0.05) is 12.6 Å². The Labute approximate surface area is 146 Å². The van der Waals surface area contributed by atoms with Crippen LogP contribution in [-0.4, -0.2) is 23.8 Å². The molecule has 0 heterocycles. The number of carbonyl (C=O) groups excluding carboxylic acids is 1. The Kier molecular flexibility index (Phi) is 6.59. The minimum atomic E-state index is -0.527. The van der Waals surface area contributed by atoms with Gasteiger partial charge in [-0.3, -0.25) is 0 Å². The zero-order valence-electron chi connectivity index (χ0n) is 14.6. The van der Waals surface area contributed by atoms with Crippen LogP contribution in [0, 0.1) is 5.82 Å². The van der Waals surface area contributed by atoms with Gasteiger partial charge < -0.3 is 15.4 Å². The van der Waals surface area contributed by atoms with Crippen molar-refractivity contribution in [3.63, 3.8) is 0 Å². The lowest BCUT2D eigenvalue weighted by molar-refractivity contribution is 0.0471. The summed E-state index contributed by atoms with van der Waals surface area (Å²) in [4.78, 5) is 11.9. The highest BCUT2D eigenvalue weighted by Crippen LogP contribution is 2.21. The van der Waals surface area contributed by atoms with Gasteiger partial charge in [-0.05, 0) is 75.2 Å². The second-order valence-corrected chi connectivity index (χ2v) is 8.14. The summed E-state index contributed by atoms with van der Waals surface area (Å²) in [5.74, 6) is -0.284. The second-order valence-electron chi connectivity index (χ2n) is 7.29. The summed E-state index contributed by atoms with van der Waals surface area (Å²) < 4.78 is 19.0. The number of rotatable bonds is 5. The van der Waals surface area contributed by atoms with Gasteiger partial charge in [0.05, 0.1) is 10.0 Å². The van der Waals surface area contributed by atoms with Gasteiger partial charge in [0.25, 0.3) is 0 Å². The van der Waals surface area contributed by atoms with Gasteiger partial charge in [0.2, 0.25) is 0 Å². The maximum absolute atomic E-state index is 13.3. The molecule has 0 saturated heterocycles. The fraction of sp³-hybridized carbons (Fsp3) is 0.588. The molecule has 4 nitrogen and oxygen atoms in total. The number of amides is 1. The summed E-state index contributed by atoms with van der Waals surface area (Å²) in [5.41, 5.74) is -0.0406. The molecule has 1 aromatic carbocycles. The van der Waals surface area contributed by atoms with Crippen LogP contribution in [0.2, 0.25) is 0 Å². The van der Waals surface area contributed by atoms with E-state index in [9.17, 15) is 9.18 Å². The molecule has 130 valence electrons. The molecule has 1 amide bonds. The number of hydrogen-bond acceptors (Lipinski definition) is 3. The van der Waals surface area contributed by atoms with E-state index in [1.807, 2.05) is 41.5 Å². The van der Waals surface area contributed by atoms with E-state index < -0.39 is 17.2 Å². The fourth-order valence-electron chi connectivity index (χ4n) is 1.93. The molecule has 2 N–H and O–H groups in total. The maximum Gasteiger partial charge on any atom is 0.408 e. The summed E-state index contributed by atoms with van der Waals surface area (Å²) in [6.07, 6.45) is -0.443. The van der Waals surface area contributed by atoms with E-state index in [4.69, 9.17) is 4.74 Å². The van der Waals surface area contributed by atoms with Crippen molar-refractivity contribution in [2.45, 2.75) is 58.7 Å². The minimum Gasteiger partial charge on any atom is -0.444 e. The van der Waals surface area contributed by atoms with Crippen LogP contribution in [-0.2, 0) is 4.74 Å². The number of alkyl carbamates (subject to hydrolysis) is 1. The normalized spacial score (nSPS) is 13.6. The van der Waals surface area contributed by atoms with Crippen LogP contribution in [0.3, 0.4) is 0 Å². The summed E-state index contributed by atoms with van der Waals surface area (Å²) in [5, 5.41) is 6.19. The van der Waals surface area contributed by atoms with Crippen molar-refractivity contribution in [3.8, 4) is 0 Å². The Hall–Kier alpha value is -1.14. The van der Waals surface area contributed by atoms with Gasteiger partial charge in [-0.2, -0.15) is 0 Å². The first-order valence-electron chi connectivity index (χ1n) is 7.59. The van der Waals surface area contributed by atoms with Gasteiger partial charge in [0.1, 0.15) is 11.4 Å². The van der Waals surface area contributed by atoms with Crippen molar-refractivity contribution in [3.05, 3.63) is 34.1 Å². The third kappa shape index (κ3) is 7.31. The quantitative estimate of drug-likeness (QED) is 0.777. The molecule has 0 aromatic heterocycles. The highest BCUT2D eigenvalue weighted by molar-refractivity contribution is 9.10. The van der Waals surface area contributed by atoms with Crippen LogP contribution in [0.1, 0.15) is 53.1 Å². The first-order chi connectivity index (χ1) is 10.4. The van der Waals surface area contributed by atoms with Crippen molar-refractivity contribution >= 4 is 22.0 Å². The molecule has 0 bridgehead atoms. The molecule has 1 rings (SSSR count). The Balaban J connectivity index is 2.57. The monoisotopic (exact) mass is 388 g/mol. The smallest absolute Gasteiger partial charge is 0.408 e. The number of hydrogen-bond donors (Lipinski definition) is 2. The van der Waals surface area contributed by atoms with Crippen LogP contribution < -0.4 is 10.6 Å². The summed E-state index contributed by atoms with van der Waals surface area (Å²) in [6.45, 7) is 11.8. The van der Waals surface area contributed by atoms with Crippen molar-refractivity contribution in [2.24, 2.45) is 0 Å². The van der Waals surface area contributed by atoms with Gasteiger partial charge in [-0.15, -0.1) is 0 Å². The van der Waals surface area contributed by atoms with E-state index >= 15 is 0 Å². The number of carbonyl (C=O) groups is 1. The topological polar surface area (TPSA) is 50.4 Å². The molecule has 0 aliphatic rings. The molecule has 23 heavy (non-hydrogen) atoms. The molecular weight excluding hydrogens is 363 g/mol. The van der Waals surface area contributed by atoms with E-state index in [1.165, 1.54) is 6.07 Å². The Morgan fingerprint density at radius 2 is 1.91 bits per heavy atom. The van der Waals surface area contributed by atoms with Gasteiger partial charge in [-0.1, -0.05) is 6.07 Å². The average molecular weight is 389 g/mol. The summed E-state index contributed by atoms with van der Waals surface area (Å²) in [6, 6.07) is 4.95. The lowest BCUT2D eigenvalue weighted by atomic mass is 10.0. The number of nitrogens with one attached hydrogen (secondary N) is 2. The SMILES string of the molecule is CC(NCC(C)(C)NC(=O)OC(C)(C)C)c1ccc(F)c(Br)c1. The Morgan fingerprint density at radius 3 is 2.43 bits per heavy atom.